The Morgan fingerprint density at radius 1 is 1.15 bits per heavy atom. The fourth-order valence-corrected chi connectivity index (χ4v) is 3.75. The molecule has 2 aliphatic rings. The number of nitrogens with zero attached hydrogens (tertiary/aromatic N) is 5. The minimum Gasteiger partial charge on any atom is -0.471 e. The average molecular weight is 460 g/mol. The standard InChI is InChI=1S/C21H31N5O.C2H4O2.C2H6/c1-3-24(4-2)17-20(27)26-15-13-25(14-16-26)19-8-5-7-18(9-10-19)21-22-11-6-12-23-21;1-4-2-3;1-2/h6-7,9-12,19H,3-5,8,13-17H2,1-2H3;2H,1H3;1-2H3. The maximum Gasteiger partial charge on any atom is 0.292 e. The number of allylic oxidation sites excluding steroid dienone is 3. The van der Waals surface area contributed by atoms with Gasteiger partial charge in [-0.05, 0) is 32.0 Å². The Bertz CT molecular complexity index is 727. The molecule has 1 atom stereocenters. The molecule has 0 spiro atoms. The molecule has 0 N–H and O–H groups in total. The smallest absolute Gasteiger partial charge is 0.292 e. The molecule has 8 nitrogen and oxygen atoms in total. The molecule has 184 valence electrons. The number of amides is 1. The SMILES string of the molecule is CC.CCN(CC)CC(=O)N1CCN(C2C=CC(c3ncccn3)=CCC2)CC1.COC=O. The Balaban J connectivity index is 0.000000820. The van der Waals surface area contributed by atoms with E-state index in [1.807, 2.05) is 24.8 Å². The highest BCUT2D eigenvalue weighted by molar-refractivity contribution is 5.78. The van der Waals surface area contributed by atoms with Gasteiger partial charge in [0.15, 0.2) is 5.82 Å². The van der Waals surface area contributed by atoms with Gasteiger partial charge in [0.05, 0.1) is 13.7 Å². The van der Waals surface area contributed by atoms with Crippen molar-refractivity contribution < 1.29 is 14.3 Å². The van der Waals surface area contributed by atoms with Crippen LogP contribution in [0.3, 0.4) is 0 Å². The van der Waals surface area contributed by atoms with Crippen LogP contribution in [0.25, 0.3) is 5.57 Å². The topological polar surface area (TPSA) is 78.9 Å². The van der Waals surface area contributed by atoms with Crippen molar-refractivity contribution in [1.29, 1.82) is 0 Å². The Kier molecular flexibility index (Phi) is 14.6. The molecule has 1 unspecified atom stereocenters. The highest BCUT2D eigenvalue weighted by atomic mass is 16.5. The van der Waals surface area contributed by atoms with Crippen LogP contribution >= 0.6 is 0 Å². The van der Waals surface area contributed by atoms with Gasteiger partial charge in [-0.25, -0.2) is 9.97 Å². The van der Waals surface area contributed by atoms with Crippen molar-refractivity contribution in [3.8, 4) is 0 Å². The number of rotatable bonds is 7. The van der Waals surface area contributed by atoms with Crippen LogP contribution in [-0.4, -0.2) is 96.0 Å². The zero-order chi connectivity index (χ0) is 24.5. The quantitative estimate of drug-likeness (QED) is 0.580. The van der Waals surface area contributed by atoms with E-state index in [1.165, 1.54) is 7.11 Å². The summed E-state index contributed by atoms with van der Waals surface area (Å²) in [6.45, 7) is 14.5. The van der Waals surface area contributed by atoms with E-state index in [9.17, 15) is 4.79 Å². The van der Waals surface area contributed by atoms with Crippen molar-refractivity contribution in [2.75, 3.05) is 52.9 Å². The summed E-state index contributed by atoms with van der Waals surface area (Å²) < 4.78 is 3.86. The summed E-state index contributed by atoms with van der Waals surface area (Å²) in [5.41, 5.74) is 1.10. The van der Waals surface area contributed by atoms with Crippen LogP contribution in [0.1, 0.15) is 46.4 Å². The predicted octanol–water partition coefficient (Wildman–Crippen LogP) is 2.88. The Hall–Kier alpha value is -2.58. The third-order valence-electron chi connectivity index (χ3n) is 5.63. The first-order valence-electron chi connectivity index (χ1n) is 12.0. The van der Waals surface area contributed by atoms with Crippen molar-refractivity contribution in [3.63, 3.8) is 0 Å². The number of likely N-dealkylation sites (N-methyl/N-ethyl adjacent to an activating group) is 1. The van der Waals surface area contributed by atoms with E-state index in [2.05, 4.69) is 56.6 Å². The van der Waals surface area contributed by atoms with Gasteiger partial charge in [-0.15, -0.1) is 0 Å². The van der Waals surface area contributed by atoms with Crippen LogP contribution in [0.2, 0.25) is 0 Å². The molecular formula is C25H41N5O3. The molecular weight excluding hydrogens is 418 g/mol. The van der Waals surface area contributed by atoms with Crippen LogP contribution in [0, 0.1) is 0 Å². The number of carbonyl (C=O) groups excluding carboxylic acids is 2. The molecule has 0 bridgehead atoms. The Labute approximate surface area is 199 Å². The molecule has 2 heterocycles. The molecule has 3 rings (SSSR count). The van der Waals surface area contributed by atoms with Gasteiger partial charge >= 0.3 is 0 Å². The molecule has 33 heavy (non-hydrogen) atoms. The van der Waals surface area contributed by atoms with E-state index in [0.717, 1.165) is 63.5 Å². The monoisotopic (exact) mass is 459 g/mol. The number of hydrogen-bond donors (Lipinski definition) is 0. The fourth-order valence-electron chi connectivity index (χ4n) is 3.75. The van der Waals surface area contributed by atoms with E-state index in [1.54, 1.807) is 12.4 Å². The number of piperazine rings is 1. The van der Waals surface area contributed by atoms with Crippen molar-refractivity contribution in [1.82, 2.24) is 24.7 Å². The first-order valence-corrected chi connectivity index (χ1v) is 12.0. The van der Waals surface area contributed by atoms with Gasteiger partial charge in [0.1, 0.15) is 0 Å². The highest BCUT2D eigenvalue weighted by Gasteiger charge is 2.25. The van der Waals surface area contributed by atoms with Crippen LogP contribution in [0.15, 0.2) is 36.7 Å². The molecule has 1 aromatic rings. The lowest BCUT2D eigenvalue weighted by Gasteiger charge is -2.38. The molecule has 0 radical (unpaired) electrons. The average Bonchev–Trinajstić information content (AvgIpc) is 3.15. The minimum absolute atomic E-state index is 0.264. The number of aromatic nitrogens is 2. The zero-order valence-corrected chi connectivity index (χ0v) is 20.9. The molecule has 1 amide bonds. The van der Waals surface area contributed by atoms with E-state index < -0.39 is 0 Å². The van der Waals surface area contributed by atoms with Gasteiger partial charge in [0, 0.05) is 50.2 Å². The largest absolute Gasteiger partial charge is 0.471 e. The second-order valence-electron chi connectivity index (χ2n) is 7.45. The third-order valence-corrected chi connectivity index (χ3v) is 5.63. The first-order chi connectivity index (χ1) is 16.1. The van der Waals surface area contributed by atoms with E-state index in [0.29, 0.717) is 19.1 Å². The predicted molar refractivity (Wildman–Crippen MR) is 133 cm³/mol. The Morgan fingerprint density at radius 3 is 2.30 bits per heavy atom. The third kappa shape index (κ3) is 9.84. The van der Waals surface area contributed by atoms with Crippen LogP contribution in [0.5, 0.6) is 0 Å². The molecule has 1 aliphatic carbocycles. The summed E-state index contributed by atoms with van der Waals surface area (Å²) in [6, 6.07) is 2.26. The molecule has 1 aliphatic heterocycles. The summed E-state index contributed by atoms with van der Waals surface area (Å²) in [4.78, 5) is 36.9. The van der Waals surface area contributed by atoms with Gasteiger partial charge in [-0.3, -0.25) is 19.4 Å². The van der Waals surface area contributed by atoms with Gasteiger partial charge in [-0.1, -0.05) is 45.9 Å². The van der Waals surface area contributed by atoms with Crippen LogP contribution < -0.4 is 0 Å². The summed E-state index contributed by atoms with van der Waals surface area (Å²) in [7, 11) is 1.31. The molecule has 0 aromatic carbocycles. The van der Waals surface area contributed by atoms with Crippen molar-refractivity contribution in [2.45, 2.75) is 46.6 Å². The summed E-state index contributed by atoms with van der Waals surface area (Å²) >= 11 is 0. The maximum absolute atomic E-state index is 12.5. The normalized spacial score (nSPS) is 18.2. The molecule has 8 heteroatoms. The number of ether oxygens (including phenoxy) is 1. The van der Waals surface area contributed by atoms with E-state index in [4.69, 9.17) is 4.79 Å². The fraction of sp³-hybridized carbons (Fsp3) is 0.600. The molecule has 1 fully saturated rings. The number of methoxy groups -OCH3 is 1. The Morgan fingerprint density at radius 2 is 1.76 bits per heavy atom. The van der Waals surface area contributed by atoms with Gasteiger partial charge in [0.2, 0.25) is 5.91 Å². The lowest BCUT2D eigenvalue weighted by atomic mass is 10.1. The second kappa shape index (κ2) is 17.0. The zero-order valence-electron chi connectivity index (χ0n) is 20.9. The first kappa shape index (κ1) is 28.5. The van der Waals surface area contributed by atoms with Gasteiger partial charge in [0.25, 0.3) is 6.47 Å². The molecule has 1 saturated heterocycles. The minimum atomic E-state index is 0.264. The van der Waals surface area contributed by atoms with Crippen molar-refractivity contribution in [3.05, 3.63) is 42.5 Å². The van der Waals surface area contributed by atoms with E-state index >= 15 is 0 Å². The summed E-state index contributed by atoms with van der Waals surface area (Å²) in [6.07, 6.45) is 12.4. The maximum atomic E-state index is 12.5. The van der Waals surface area contributed by atoms with Gasteiger partial charge < -0.3 is 9.64 Å². The molecule has 0 saturated carbocycles. The molecule has 1 aromatic heterocycles. The van der Waals surface area contributed by atoms with Crippen LogP contribution in [0.4, 0.5) is 0 Å². The highest BCUT2D eigenvalue weighted by Crippen LogP contribution is 2.21. The van der Waals surface area contributed by atoms with Crippen LogP contribution in [-0.2, 0) is 14.3 Å². The number of carbonyl (C=O) groups is 2. The van der Waals surface area contributed by atoms with Gasteiger partial charge in [-0.2, -0.15) is 0 Å². The van der Waals surface area contributed by atoms with Crippen molar-refractivity contribution in [2.24, 2.45) is 0 Å². The van der Waals surface area contributed by atoms with Crippen molar-refractivity contribution >= 4 is 18.0 Å². The lowest BCUT2D eigenvalue weighted by Crippen LogP contribution is -2.53. The lowest BCUT2D eigenvalue weighted by molar-refractivity contribution is -0.134. The number of hydrogen-bond acceptors (Lipinski definition) is 7. The van der Waals surface area contributed by atoms with E-state index in [-0.39, 0.29) is 5.91 Å². The summed E-state index contributed by atoms with van der Waals surface area (Å²) in [5.74, 6) is 1.06. The summed E-state index contributed by atoms with van der Waals surface area (Å²) in [5, 5.41) is 0. The second-order valence-corrected chi connectivity index (χ2v) is 7.45.